The van der Waals surface area contributed by atoms with Gasteiger partial charge in [0.1, 0.15) is 6.61 Å². The molecule has 9 nitrogen and oxygen atoms in total. The summed E-state index contributed by atoms with van der Waals surface area (Å²) < 4.78 is 10.2. The monoisotopic (exact) mass is 436 g/mol. The Morgan fingerprint density at radius 2 is 1.31 bits per heavy atom. The number of fused-ring (bicyclic) bond motifs is 2. The Labute approximate surface area is 183 Å². The Morgan fingerprint density at radius 1 is 0.750 bits per heavy atom. The van der Waals surface area contributed by atoms with Gasteiger partial charge >= 0.3 is 5.97 Å². The van der Waals surface area contributed by atoms with Crippen LogP contribution in [0.15, 0.2) is 42.5 Å². The summed E-state index contributed by atoms with van der Waals surface area (Å²) in [6.07, 6.45) is 0.509. The SMILES string of the molecule is COCCCN1C(=O)c2ccc(C(=O)OCCN3C(=O)c4ccccc4C3=O)cc2C1=O. The maximum Gasteiger partial charge on any atom is 0.338 e. The zero-order valence-corrected chi connectivity index (χ0v) is 17.3. The third kappa shape index (κ3) is 3.67. The Hall–Kier alpha value is -3.85. The smallest absolute Gasteiger partial charge is 0.338 e. The van der Waals surface area contributed by atoms with Crippen molar-refractivity contribution in [1.29, 1.82) is 0 Å². The second-order valence-electron chi connectivity index (χ2n) is 7.31. The van der Waals surface area contributed by atoms with Crippen LogP contribution in [0.2, 0.25) is 0 Å². The molecule has 2 aliphatic rings. The number of carbonyl (C=O) groups is 5. The van der Waals surface area contributed by atoms with Gasteiger partial charge in [-0.15, -0.1) is 0 Å². The molecule has 2 aromatic rings. The number of methoxy groups -OCH3 is 1. The quantitative estimate of drug-likeness (QED) is 0.352. The van der Waals surface area contributed by atoms with Gasteiger partial charge in [-0.3, -0.25) is 29.0 Å². The first-order valence-electron chi connectivity index (χ1n) is 10.1. The molecule has 0 N–H and O–H groups in total. The normalized spacial score (nSPS) is 14.8. The predicted molar refractivity (Wildman–Crippen MR) is 110 cm³/mol. The van der Waals surface area contributed by atoms with Crippen LogP contribution in [-0.4, -0.2) is 72.8 Å². The van der Waals surface area contributed by atoms with E-state index < -0.39 is 29.6 Å². The highest BCUT2D eigenvalue weighted by Gasteiger charge is 2.36. The van der Waals surface area contributed by atoms with Gasteiger partial charge in [0.15, 0.2) is 0 Å². The van der Waals surface area contributed by atoms with Crippen molar-refractivity contribution in [1.82, 2.24) is 9.80 Å². The van der Waals surface area contributed by atoms with E-state index in [1.165, 1.54) is 25.3 Å². The van der Waals surface area contributed by atoms with Crippen LogP contribution in [0, 0.1) is 0 Å². The number of nitrogens with zero attached hydrogens (tertiary/aromatic N) is 2. The van der Waals surface area contributed by atoms with Gasteiger partial charge in [-0.25, -0.2) is 4.79 Å². The second-order valence-corrected chi connectivity index (χ2v) is 7.31. The van der Waals surface area contributed by atoms with Crippen molar-refractivity contribution in [2.24, 2.45) is 0 Å². The number of imide groups is 2. The summed E-state index contributed by atoms with van der Waals surface area (Å²) in [5.74, 6) is -2.47. The average Bonchev–Trinajstić information content (AvgIpc) is 3.19. The fourth-order valence-electron chi connectivity index (χ4n) is 3.74. The molecule has 2 aliphatic heterocycles. The molecule has 4 rings (SSSR count). The van der Waals surface area contributed by atoms with Gasteiger partial charge in [-0.2, -0.15) is 0 Å². The Bertz CT molecular complexity index is 1110. The molecule has 32 heavy (non-hydrogen) atoms. The molecule has 9 heteroatoms. The average molecular weight is 436 g/mol. The van der Waals surface area contributed by atoms with Crippen molar-refractivity contribution in [2.45, 2.75) is 6.42 Å². The fraction of sp³-hybridized carbons (Fsp3) is 0.261. The lowest BCUT2D eigenvalue weighted by molar-refractivity contribution is 0.0420. The number of esters is 1. The number of ether oxygens (including phenoxy) is 2. The molecule has 0 spiro atoms. The van der Waals surface area contributed by atoms with Crippen molar-refractivity contribution >= 4 is 29.6 Å². The van der Waals surface area contributed by atoms with Gasteiger partial charge in [-0.1, -0.05) is 12.1 Å². The number of carbonyl (C=O) groups excluding carboxylic acids is 5. The first-order valence-corrected chi connectivity index (χ1v) is 10.1. The minimum Gasteiger partial charge on any atom is -0.460 e. The summed E-state index contributed by atoms with van der Waals surface area (Å²) in [6.45, 7) is 0.351. The van der Waals surface area contributed by atoms with Gasteiger partial charge in [0.2, 0.25) is 0 Å². The fourth-order valence-corrected chi connectivity index (χ4v) is 3.74. The summed E-state index contributed by atoms with van der Waals surface area (Å²) in [5, 5.41) is 0. The molecule has 2 aromatic carbocycles. The van der Waals surface area contributed by atoms with Crippen LogP contribution >= 0.6 is 0 Å². The highest BCUT2D eigenvalue weighted by Crippen LogP contribution is 2.25. The number of amides is 4. The predicted octanol–water partition coefficient (Wildman–Crippen LogP) is 1.77. The Balaban J connectivity index is 1.38. The van der Waals surface area contributed by atoms with E-state index in [2.05, 4.69) is 0 Å². The van der Waals surface area contributed by atoms with E-state index in [1.54, 1.807) is 24.3 Å². The van der Waals surface area contributed by atoms with Gasteiger partial charge in [0.25, 0.3) is 23.6 Å². The van der Waals surface area contributed by atoms with Crippen LogP contribution < -0.4 is 0 Å². The van der Waals surface area contributed by atoms with Crippen LogP contribution in [0.4, 0.5) is 0 Å². The number of hydrogen-bond acceptors (Lipinski definition) is 7. The molecular weight excluding hydrogens is 416 g/mol. The van der Waals surface area contributed by atoms with Crippen LogP contribution in [0.25, 0.3) is 0 Å². The molecule has 0 aromatic heterocycles. The topological polar surface area (TPSA) is 110 Å². The minimum atomic E-state index is -0.720. The van der Waals surface area contributed by atoms with E-state index in [9.17, 15) is 24.0 Å². The Morgan fingerprint density at radius 3 is 1.94 bits per heavy atom. The lowest BCUT2D eigenvalue weighted by atomic mass is 10.1. The summed E-state index contributed by atoms with van der Waals surface area (Å²) in [4.78, 5) is 64.3. The molecule has 0 saturated heterocycles. The molecule has 2 heterocycles. The number of benzene rings is 2. The van der Waals surface area contributed by atoms with Crippen LogP contribution in [0.5, 0.6) is 0 Å². The molecule has 0 radical (unpaired) electrons. The van der Waals surface area contributed by atoms with E-state index in [0.717, 1.165) is 9.80 Å². The Kier molecular flexibility index (Phi) is 5.83. The minimum absolute atomic E-state index is 0.0896. The van der Waals surface area contributed by atoms with Crippen LogP contribution in [-0.2, 0) is 9.47 Å². The zero-order valence-electron chi connectivity index (χ0n) is 17.3. The van der Waals surface area contributed by atoms with E-state index in [1.807, 2.05) is 0 Å². The standard InChI is InChI=1S/C23H20N2O7/c1-31-11-4-9-24-21(28)17-8-7-14(13-18(17)22(24)29)23(30)32-12-10-25-19(26)15-5-2-3-6-16(15)20(25)27/h2-3,5-8,13H,4,9-12H2,1H3. The van der Waals surface area contributed by atoms with Crippen molar-refractivity contribution in [3.8, 4) is 0 Å². The first-order chi connectivity index (χ1) is 15.4. The summed E-state index contributed by atoms with van der Waals surface area (Å²) in [5.41, 5.74) is 1.12. The maximum atomic E-state index is 12.6. The van der Waals surface area contributed by atoms with E-state index in [-0.39, 0.29) is 36.4 Å². The lowest BCUT2D eigenvalue weighted by Gasteiger charge is -2.14. The molecular formula is C23H20N2O7. The van der Waals surface area contributed by atoms with E-state index in [4.69, 9.17) is 9.47 Å². The van der Waals surface area contributed by atoms with Crippen LogP contribution in [0.3, 0.4) is 0 Å². The highest BCUT2D eigenvalue weighted by molar-refractivity contribution is 6.22. The zero-order chi connectivity index (χ0) is 22.8. The number of hydrogen-bond donors (Lipinski definition) is 0. The summed E-state index contributed by atoms with van der Waals surface area (Å²) in [7, 11) is 1.54. The van der Waals surface area contributed by atoms with E-state index >= 15 is 0 Å². The number of rotatable bonds is 8. The largest absolute Gasteiger partial charge is 0.460 e. The highest BCUT2D eigenvalue weighted by atomic mass is 16.5. The van der Waals surface area contributed by atoms with Crippen LogP contribution in [0.1, 0.15) is 58.2 Å². The third-order valence-electron chi connectivity index (χ3n) is 5.36. The van der Waals surface area contributed by atoms with Crippen molar-refractivity contribution in [2.75, 3.05) is 33.4 Å². The third-order valence-corrected chi connectivity index (χ3v) is 5.36. The molecule has 0 saturated carbocycles. The molecule has 0 bridgehead atoms. The van der Waals surface area contributed by atoms with Crippen molar-refractivity contribution in [3.05, 3.63) is 70.3 Å². The molecule has 0 aliphatic carbocycles. The van der Waals surface area contributed by atoms with Gasteiger partial charge in [0.05, 0.1) is 34.4 Å². The lowest BCUT2D eigenvalue weighted by Crippen LogP contribution is -2.33. The van der Waals surface area contributed by atoms with Gasteiger partial charge in [0, 0.05) is 20.3 Å². The second kappa shape index (κ2) is 8.72. The summed E-state index contributed by atoms with van der Waals surface area (Å²) >= 11 is 0. The van der Waals surface area contributed by atoms with Crippen molar-refractivity contribution < 1.29 is 33.4 Å². The van der Waals surface area contributed by atoms with Crippen molar-refractivity contribution in [3.63, 3.8) is 0 Å². The first kappa shape index (κ1) is 21.4. The molecule has 4 amide bonds. The maximum absolute atomic E-state index is 12.6. The van der Waals surface area contributed by atoms with E-state index in [0.29, 0.717) is 24.2 Å². The summed E-state index contributed by atoms with van der Waals surface area (Å²) in [6, 6.07) is 10.7. The van der Waals surface area contributed by atoms with Gasteiger partial charge in [-0.05, 0) is 36.8 Å². The molecule has 0 unspecified atom stereocenters. The van der Waals surface area contributed by atoms with Gasteiger partial charge < -0.3 is 9.47 Å². The molecule has 164 valence electrons. The molecule has 0 fully saturated rings. The molecule has 0 atom stereocenters.